The number of rotatable bonds is 5. The first-order valence-electron chi connectivity index (χ1n) is 8.72. The fraction of sp³-hybridized carbons (Fsp3) is 0.500. The van der Waals surface area contributed by atoms with Gasteiger partial charge in [0.1, 0.15) is 0 Å². The molecule has 0 saturated heterocycles. The highest BCUT2D eigenvalue weighted by molar-refractivity contribution is 8.01. The van der Waals surface area contributed by atoms with Gasteiger partial charge in [0.25, 0.3) is 0 Å². The third kappa shape index (κ3) is 4.88. The number of carbonyl (C=O) groups excluding carboxylic acids is 1. The lowest BCUT2D eigenvalue weighted by Gasteiger charge is -2.34. The van der Waals surface area contributed by atoms with Crippen molar-refractivity contribution in [1.29, 1.82) is 0 Å². The summed E-state index contributed by atoms with van der Waals surface area (Å²) in [4.78, 5) is 12.3. The third-order valence-corrected chi connectivity index (χ3v) is 7.60. The maximum atomic E-state index is 12.3. The lowest BCUT2D eigenvalue weighted by molar-refractivity contribution is -0.119. The second-order valence-corrected chi connectivity index (χ2v) is 10.0. The summed E-state index contributed by atoms with van der Waals surface area (Å²) < 4.78 is 3.16. The minimum Gasteiger partial charge on any atom is -0.352 e. The molecule has 0 aliphatic heterocycles. The van der Waals surface area contributed by atoms with Crippen LogP contribution < -0.4 is 5.32 Å². The van der Waals surface area contributed by atoms with E-state index in [-0.39, 0.29) is 11.9 Å². The predicted molar refractivity (Wildman–Crippen MR) is 112 cm³/mol. The summed E-state index contributed by atoms with van der Waals surface area (Å²) in [5, 5.41) is 8.40. The van der Waals surface area contributed by atoms with Crippen molar-refractivity contribution in [3.63, 3.8) is 0 Å². The largest absolute Gasteiger partial charge is 0.352 e. The number of hydrogen-bond donors (Lipinski definition) is 1. The van der Waals surface area contributed by atoms with Crippen molar-refractivity contribution in [2.45, 2.75) is 43.5 Å². The van der Waals surface area contributed by atoms with Crippen LogP contribution in [0.25, 0.3) is 5.69 Å². The molecule has 0 spiro atoms. The molecule has 0 radical (unpaired) electrons. The van der Waals surface area contributed by atoms with Crippen LogP contribution >= 0.6 is 46.9 Å². The van der Waals surface area contributed by atoms with Crippen molar-refractivity contribution in [2.24, 2.45) is 11.8 Å². The predicted octanol–water partition coefficient (Wildman–Crippen LogP) is 5.35. The van der Waals surface area contributed by atoms with Crippen LogP contribution in [0.15, 0.2) is 28.6 Å². The molecule has 140 valence electrons. The van der Waals surface area contributed by atoms with Gasteiger partial charge in [-0.3, -0.25) is 4.79 Å². The normalized spacial score (nSPS) is 23.0. The topological polar surface area (TPSA) is 46.9 Å². The summed E-state index contributed by atoms with van der Waals surface area (Å²) in [5.41, 5.74) is 0.872. The van der Waals surface area contributed by atoms with E-state index in [0.717, 1.165) is 16.4 Å². The Balaban J connectivity index is 1.58. The van der Waals surface area contributed by atoms with Crippen molar-refractivity contribution in [2.75, 3.05) is 5.75 Å². The van der Waals surface area contributed by atoms with E-state index in [9.17, 15) is 4.79 Å². The zero-order valence-corrected chi connectivity index (χ0v) is 18.0. The smallest absolute Gasteiger partial charge is 0.230 e. The lowest BCUT2D eigenvalue weighted by atomic mass is 9.78. The van der Waals surface area contributed by atoms with E-state index in [1.807, 2.05) is 24.3 Å². The maximum Gasteiger partial charge on any atom is 0.230 e. The number of amides is 1. The first-order valence-corrected chi connectivity index (χ1v) is 11.3. The van der Waals surface area contributed by atoms with Crippen LogP contribution in [0.4, 0.5) is 0 Å². The summed E-state index contributed by atoms with van der Waals surface area (Å²) in [6.45, 7) is 4.51. The number of thioether (sulfide) groups is 1. The number of benzene rings is 1. The maximum absolute atomic E-state index is 12.3. The van der Waals surface area contributed by atoms with Crippen LogP contribution in [-0.4, -0.2) is 27.5 Å². The quantitative estimate of drug-likeness (QED) is 0.516. The van der Waals surface area contributed by atoms with Gasteiger partial charge in [0, 0.05) is 11.1 Å². The number of nitrogens with one attached hydrogen (secondary N) is 1. The van der Waals surface area contributed by atoms with E-state index >= 15 is 0 Å². The molecule has 1 aliphatic carbocycles. The molecule has 1 aliphatic rings. The average Bonchev–Trinajstić information content (AvgIpc) is 2.99. The molecular formula is C18H22ClN3OS3. The molecule has 1 fully saturated rings. The lowest BCUT2D eigenvalue weighted by Crippen LogP contribution is -2.44. The molecule has 0 bridgehead atoms. The summed E-state index contributed by atoms with van der Waals surface area (Å²) in [5.74, 6) is 1.63. The van der Waals surface area contributed by atoms with Crippen LogP contribution in [0.1, 0.15) is 33.1 Å². The molecule has 1 N–H and O–H groups in total. The molecule has 1 amide bonds. The van der Waals surface area contributed by atoms with Crippen LogP contribution in [-0.2, 0) is 4.79 Å². The molecule has 2 aromatic rings. The van der Waals surface area contributed by atoms with Crippen molar-refractivity contribution < 1.29 is 4.79 Å². The van der Waals surface area contributed by atoms with Crippen LogP contribution in [0.3, 0.4) is 0 Å². The van der Waals surface area contributed by atoms with Gasteiger partial charge >= 0.3 is 0 Å². The van der Waals surface area contributed by atoms with Crippen molar-refractivity contribution in [1.82, 2.24) is 15.1 Å². The Bertz CT molecular complexity index is 818. The van der Waals surface area contributed by atoms with Crippen LogP contribution in [0, 0.1) is 15.8 Å². The highest BCUT2D eigenvalue weighted by Crippen LogP contribution is 2.30. The second-order valence-electron chi connectivity index (χ2n) is 6.75. The number of aromatic nitrogens is 2. The van der Waals surface area contributed by atoms with E-state index in [2.05, 4.69) is 24.3 Å². The average molecular weight is 428 g/mol. The van der Waals surface area contributed by atoms with Crippen molar-refractivity contribution >= 4 is 52.8 Å². The number of nitrogens with zero attached hydrogens (tertiary/aromatic N) is 2. The first-order chi connectivity index (χ1) is 12.4. The first kappa shape index (κ1) is 19.9. The SMILES string of the molecule is CC1CCCC(NC(=O)CSc2nn(-c3ccc(Cl)cc3)c(=S)s2)C1C. The molecule has 4 nitrogen and oxygen atoms in total. The third-order valence-electron chi connectivity index (χ3n) is 4.98. The monoisotopic (exact) mass is 427 g/mol. The highest BCUT2D eigenvalue weighted by atomic mass is 35.5. The van der Waals surface area contributed by atoms with Gasteiger partial charge < -0.3 is 5.32 Å². The Morgan fingerprint density at radius 2 is 2.12 bits per heavy atom. The second kappa shape index (κ2) is 8.87. The van der Waals surface area contributed by atoms with Gasteiger partial charge in [0.15, 0.2) is 8.29 Å². The number of hydrogen-bond acceptors (Lipinski definition) is 5. The number of carbonyl (C=O) groups is 1. The van der Waals surface area contributed by atoms with Crippen molar-refractivity contribution in [3.05, 3.63) is 33.2 Å². The Morgan fingerprint density at radius 1 is 1.38 bits per heavy atom. The van der Waals surface area contributed by atoms with Gasteiger partial charge in [0.05, 0.1) is 11.4 Å². The van der Waals surface area contributed by atoms with E-state index in [1.54, 1.807) is 4.68 Å². The minimum absolute atomic E-state index is 0.0695. The Kier molecular flexibility index (Phi) is 6.77. The minimum atomic E-state index is 0.0695. The molecule has 3 unspecified atom stereocenters. The zero-order valence-electron chi connectivity index (χ0n) is 14.8. The van der Waals surface area contributed by atoms with Gasteiger partial charge in [-0.2, -0.15) is 0 Å². The number of halogens is 1. The van der Waals surface area contributed by atoms with Crippen molar-refractivity contribution in [3.8, 4) is 5.69 Å². The Labute approximate surface area is 172 Å². The van der Waals surface area contributed by atoms with E-state index in [0.29, 0.717) is 26.6 Å². The summed E-state index contributed by atoms with van der Waals surface area (Å²) >= 11 is 14.2. The standard InChI is InChI=1S/C18H22ClN3OS3/c1-11-4-3-5-15(12(11)2)20-16(23)10-25-17-21-22(18(24)26-17)14-8-6-13(19)7-9-14/h6-9,11-12,15H,3-5,10H2,1-2H3,(H,20,23). The summed E-state index contributed by atoms with van der Waals surface area (Å²) in [6, 6.07) is 7.67. The molecule has 1 aromatic carbocycles. The van der Waals surface area contributed by atoms with E-state index in [1.165, 1.54) is 35.9 Å². The molecule has 26 heavy (non-hydrogen) atoms. The molecule has 3 atom stereocenters. The molecule has 1 heterocycles. The van der Waals surface area contributed by atoms with Gasteiger partial charge in [0.2, 0.25) is 5.91 Å². The van der Waals surface area contributed by atoms with Gasteiger partial charge in [-0.1, -0.05) is 61.4 Å². The van der Waals surface area contributed by atoms with Gasteiger partial charge in [-0.15, -0.1) is 5.10 Å². The Hall–Kier alpha value is -0.890. The van der Waals surface area contributed by atoms with Gasteiger partial charge in [-0.25, -0.2) is 4.68 Å². The van der Waals surface area contributed by atoms with E-state index < -0.39 is 0 Å². The fourth-order valence-corrected chi connectivity index (χ4v) is 5.52. The van der Waals surface area contributed by atoms with Gasteiger partial charge in [-0.05, 0) is 54.7 Å². The molecule has 1 aromatic heterocycles. The molecule has 3 rings (SSSR count). The zero-order chi connectivity index (χ0) is 18.7. The fourth-order valence-electron chi connectivity index (χ4n) is 3.23. The highest BCUT2D eigenvalue weighted by Gasteiger charge is 2.28. The molecule has 8 heteroatoms. The summed E-state index contributed by atoms with van der Waals surface area (Å²) in [6.07, 6.45) is 3.52. The molecule has 1 saturated carbocycles. The molecular weight excluding hydrogens is 406 g/mol. The Morgan fingerprint density at radius 3 is 2.85 bits per heavy atom. The van der Waals surface area contributed by atoms with Crippen LogP contribution in [0.5, 0.6) is 0 Å². The van der Waals surface area contributed by atoms with Crippen LogP contribution in [0.2, 0.25) is 5.02 Å². The summed E-state index contributed by atoms with van der Waals surface area (Å²) in [7, 11) is 0. The van der Waals surface area contributed by atoms with E-state index in [4.69, 9.17) is 23.8 Å².